The highest BCUT2D eigenvalue weighted by Crippen LogP contribution is 2.38. The van der Waals surface area contributed by atoms with Gasteiger partial charge in [-0.25, -0.2) is 4.98 Å². The average molecular weight is 495 g/mol. The van der Waals surface area contributed by atoms with Crippen LogP contribution in [0, 0.1) is 6.92 Å². The Bertz CT molecular complexity index is 1310. The van der Waals surface area contributed by atoms with E-state index in [1.807, 2.05) is 47.5 Å². The highest BCUT2D eigenvalue weighted by atomic mass is 32.1. The minimum atomic E-state index is -0.231. The van der Waals surface area contributed by atoms with Crippen LogP contribution in [-0.2, 0) is 9.59 Å². The van der Waals surface area contributed by atoms with E-state index in [2.05, 4.69) is 27.3 Å². The molecule has 176 valence electrons. The Labute approximate surface area is 206 Å². The Balaban J connectivity index is 1.08. The number of amides is 2. The second-order valence-electron chi connectivity index (χ2n) is 8.21. The van der Waals surface area contributed by atoms with Gasteiger partial charge in [-0.1, -0.05) is 18.2 Å². The summed E-state index contributed by atoms with van der Waals surface area (Å²) in [6.07, 6.45) is 0.290. The van der Waals surface area contributed by atoms with Gasteiger partial charge in [-0.2, -0.15) is 0 Å². The Morgan fingerprint density at radius 1 is 1.12 bits per heavy atom. The number of nitrogens with one attached hydrogen (secondary N) is 1. The first-order valence-corrected chi connectivity index (χ1v) is 13.0. The molecule has 4 aromatic rings. The van der Waals surface area contributed by atoms with Crippen molar-refractivity contribution < 1.29 is 14.3 Å². The smallest absolute Gasteiger partial charge is 0.257 e. The number of carbonyl (C=O) groups is 2. The molecule has 5 rings (SSSR count). The maximum absolute atomic E-state index is 12.6. The van der Waals surface area contributed by atoms with E-state index < -0.39 is 0 Å². The van der Waals surface area contributed by atoms with Crippen LogP contribution < -0.4 is 15.0 Å². The van der Waals surface area contributed by atoms with Gasteiger partial charge < -0.3 is 19.9 Å². The molecule has 1 aliphatic heterocycles. The molecule has 7 nitrogen and oxygen atoms in total. The van der Waals surface area contributed by atoms with Gasteiger partial charge in [-0.05, 0) is 30.5 Å². The molecular formula is C25H26N4O3S2. The molecule has 0 unspecified atom stereocenters. The lowest BCUT2D eigenvalue weighted by Crippen LogP contribution is -2.49. The number of anilines is 1. The predicted molar refractivity (Wildman–Crippen MR) is 138 cm³/mol. The number of thiazole rings is 1. The summed E-state index contributed by atoms with van der Waals surface area (Å²) in [4.78, 5) is 33.7. The van der Waals surface area contributed by atoms with Gasteiger partial charge in [-0.3, -0.25) is 9.59 Å². The lowest BCUT2D eigenvalue weighted by molar-refractivity contribution is -0.131. The molecule has 2 aromatic heterocycles. The van der Waals surface area contributed by atoms with Crippen molar-refractivity contribution in [1.82, 2.24) is 15.2 Å². The second-order valence-corrected chi connectivity index (χ2v) is 10.4. The first kappa shape index (κ1) is 22.6. The summed E-state index contributed by atoms with van der Waals surface area (Å²) in [6, 6.07) is 14.2. The van der Waals surface area contributed by atoms with E-state index >= 15 is 0 Å². The SMILES string of the molecule is Cc1nc2c(cc(OCC(=O)NCCC(=O)N3CCN(c4ccccc4)CC3)c3ccsc32)s1. The number of carbonyl (C=O) groups excluding carboxylic acids is 2. The Kier molecular flexibility index (Phi) is 6.64. The molecule has 0 saturated carbocycles. The first-order chi connectivity index (χ1) is 16.6. The molecule has 1 fully saturated rings. The summed E-state index contributed by atoms with van der Waals surface area (Å²) < 4.78 is 7.99. The van der Waals surface area contributed by atoms with Crippen LogP contribution in [0.1, 0.15) is 11.4 Å². The van der Waals surface area contributed by atoms with E-state index in [1.54, 1.807) is 22.7 Å². The molecule has 1 N–H and O–H groups in total. The third-order valence-electron chi connectivity index (χ3n) is 5.94. The number of nitrogens with zero attached hydrogens (tertiary/aromatic N) is 3. The monoisotopic (exact) mass is 494 g/mol. The lowest BCUT2D eigenvalue weighted by Gasteiger charge is -2.36. The molecule has 2 aromatic carbocycles. The Morgan fingerprint density at radius 2 is 1.91 bits per heavy atom. The third kappa shape index (κ3) is 4.85. The minimum absolute atomic E-state index is 0.0694. The van der Waals surface area contributed by atoms with Gasteiger partial charge in [0.25, 0.3) is 5.91 Å². The number of aromatic nitrogens is 1. The Morgan fingerprint density at radius 3 is 2.71 bits per heavy atom. The largest absolute Gasteiger partial charge is 0.483 e. The zero-order valence-corrected chi connectivity index (χ0v) is 20.6. The standard InChI is InChI=1S/C25H26N4O3S2/c1-17-27-24-21(34-17)15-20(19-8-14-33-25(19)24)32-16-22(30)26-9-7-23(31)29-12-10-28(11-13-29)18-5-3-2-4-6-18/h2-6,8,14-15H,7,9-13,16H2,1H3,(H,26,30). The minimum Gasteiger partial charge on any atom is -0.483 e. The molecule has 0 radical (unpaired) electrons. The van der Waals surface area contributed by atoms with Crippen LogP contribution in [0.5, 0.6) is 5.75 Å². The van der Waals surface area contributed by atoms with Crippen LogP contribution in [0.2, 0.25) is 0 Å². The topological polar surface area (TPSA) is 74.8 Å². The van der Waals surface area contributed by atoms with Crippen molar-refractivity contribution in [3.05, 3.63) is 52.9 Å². The van der Waals surface area contributed by atoms with E-state index in [9.17, 15) is 9.59 Å². The number of piperazine rings is 1. The van der Waals surface area contributed by atoms with Crippen LogP contribution in [0.4, 0.5) is 5.69 Å². The molecule has 0 aliphatic carbocycles. The van der Waals surface area contributed by atoms with Crippen molar-refractivity contribution in [3.63, 3.8) is 0 Å². The van der Waals surface area contributed by atoms with Crippen molar-refractivity contribution in [1.29, 1.82) is 0 Å². The van der Waals surface area contributed by atoms with Crippen LogP contribution >= 0.6 is 22.7 Å². The number of hydrogen-bond donors (Lipinski definition) is 1. The lowest BCUT2D eigenvalue weighted by atomic mass is 10.2. The van der Waals surface area contributed by atoms with E-state index in [0.717, 1.165) is 38.4 Å². The zero-order valence-electron chi connectivity index (χ0n) is 19.0. The van der Waals surface area contributed by atoms with Crippen LogP contribution in [0.15, 0.2) is 47.8 Å². The molecule has 34 heavy (non-hydrogen) atoms. The van der Waals surface area contributed by atoms with Gasteiger partial charge >= 0.3 is 0 Å². The summed E-state index contributed by atoms with van der Waals surface area (Å²) in [5.41, 5.74) is 2.18. The van der Waals surface area contributed by atoms with Crippen molar-refractivity contribution in [2.24, 2.45) is 0 Å². The number of thiophene rings is 1. The van der Waals surface area contributed by atoms with Gasteiger partial charge in [0.2, 0.25) is 5.91 Å². The van der Waals surface area contributed by atoms with Gasteiger partial charge in [-0.15, -0.1) is 22.7 Å². The van der Waals surface area contributed by atoms with E-state index in [4.69, 9.17) is 4.74 Å². The summed E-state index contributed by atoms with van der Waals surface area (Å²) >= 11 is 3.24. The van der Waals surface area contributed by atoms with Crippen molar-refractivity contribution in [2.45, 2.75) is 13.3 Å². The van der Waals surface area contributed by atoms with Crippen molar-refractivity contribution in [2.75, 3.05) is 44.2 Å². The number of fused-ring (bicyclic) bond motifs is 3. The zero-order chi connectivity index (χ0) is 23.5. The fourth-order valence-electron chi connectivity index (χ4n) is 4.22. The summed E-state index contributed by atoms with van der Waals surface area (Å²) in [7, 11) is 0. The number of rotatable bonds is 7. The van der Waals surface area contributed by atoms with Crippen LogP contribution in [0.25, 0.3) is 20.3 Å². The van der Waals surface area contributed by atoms with Gasteiger partial charge in [0.1, 0.15) is 5.75 Å². The Hall–Kier alpha value is -3.17. The summed E-state index contributed by atoms with van der Waals surface area (Å²) in [5, 5.41) is 6.80. The number of benzene rings is 2. The van der Waals surface area contributed by atoms with Gasteiger partial charge in [0.05, 0.1) is 19.9 Å². The van der Waals surface area contributed by atoms with E-state index in [-0.39, 0.29) is 24.8 Å². The van der Waals surface area contributed by atoms with E-state index in [0.29, 0.717) is 25.4 Å². The van der Waals surface area contributed by atoms with Crippen LogP contribution in [0.3, 0.4) is 0 Å². The molecular weight excluding hydrogens is 468 g/mol. The quantitative estimate of drug-likeness (QED) is 0.420. The van der Waals surface area contributed by atoms with Crippen LogP contribution in [-0.4, -0.2) is 61.0 Å². The first-order valence-electron chi connectivity index (χ1n) is 11.3. The van der Waals surface area contributed by atoms with Gasteiger partial charge in [0, 0.05) is 56.3 Å². The molecule has 0 bridgehead atoms. The highest BCUT2D eigenvalue weighted by molar-refractivity contribution is 7.21. The maximum atomic E-state index is 12.6. The molecule has 1 saturated heterocycles. The fourth-order valence-corrected chi connectivity index (χ4v) is 6.05. The van der Waals surface area contributed by atoms with Crippen molar-refractivity contribution >= 4 is 60.5 Å². The highest BCUT2D eigenvalue weighted by Gasteiger charge is 2.21. The number of para-hydroxylation sites is 1. The molecule has 3 heterocycles. The predicted octanol–water partition coefficient (Wildman–Crippen LogP) is 4.05. The molecule has 1 aliphatic rings. The summed E-state index contributed by atoms with van der Waals surface area (Å²) in [5.74, 6) is 0.528. The fraction of sp³-hybridized carbons (Fsp3) is 0.320. The number of ether oxygens (including phenoxy) is 1. The molecule has 0 atom stereocenters. The number of aryl methyl sites for hydroxylation is 1. The second kappa shape index (κ2) is 9.99. The number of hydrogen-bond acceptors (Lipinski definition) is 7. The summed E-state index contributed by atoms with van der Waals surface area (Å²) in [6.45, 7) is 5.23. The molecule has 2 amide bonds. The van der Waals surface area contributed by atoms with E-state index in [1.165, 1.54) is 5.69 Å². The molecule has 0 spiro atoms. The normalized spacial score (nSPS) is 14.0. The van der Waals surface area contributed by atoms with Gasteiger partial charge in [0.15, 0.2) is 6.61 Å². The third-order valence-corrected chi connectivity index (χ3v) is 7.78. The average Bonchev–Trinajstić information content (AvgIpc) is 3.49. The maximum Gasteiger partial charge on any atom is 0.257 e. The molecule has 9 heteroatoms. The van der Waals surface area contributed by atoms with Crippen molar-refractivity contribution in [3.8, 4) is 5.75 Å².